The highest BCUT2D eigenvalue weighted by atomic mass is 31.2. The van der Waals surface area contributed by atoms with Crippen molar-refractivity contribution in [2.45, 2.75) is 18.8 Å². The van der Waals surface area contributed by atoms with Crippen LogP contribution in [0.4, 0.5) is 0 Å². The van der Waals surface area contributed by atoms with Gasteiger partial charge in [-0.25, -0.2) is 4.52 Å². The van der Waals surface area contributed by atoms with Gasteiger partial charge in [0.25, 0.3) is 0 Å². The second-order valence-electron chi connectivity index (χ2n) is 5.54. The molecule has 2 aromatic carbocycles. The number of benzene rings is 2. The molecule has 0 spiro atoms. The molecule has 2 heteroatoms. The van der Waals surface area contributed by atoms with Crippen LogP contribution in [0.3, 0.4) is 0 Å². The maximum atomic E-state index is 6.06. The Morgan fingerprint density at radius 3 is 1.95 bits per heavy atom. The summed E-state index contributed by atoms with van der Waals surface area (Å²) in [6, 6.07) is 21.8. The number of rotatable bonds is 3. The van der Waals surface area contributed by atoms with E-state index in [1.54, 1.807) is 0 Å². The van der Waals surface area contributed by atoms with Gasteiger partial charge in [0, 0.05) is 0 Å². The lowest BCUT2D eigenvalue weighted by atomic mass is 9.94. The number of hydrogen-bond donors (Lipinski definition) is 0. The van der Waals surface area contributed by atoms with Crippen LogP contribution in [0, 0.1) is 0 Å². The van der Waals surface area contributed by atoms with Gasteiger partial charge >= 0.3 is 0 Å². The first-order valence-electron chi connectivity index (χ1n) is 7.37. The SMILES string of the molecule is CO[P+]1(c2ccccc2)CCC(c2ccccc2)CC1. The van der Waals surface area contributed by atoms with Crippen LogP contribution in [-0.4, -0.2) is 19.4 Å². The molecule has 104 valence electrons. The second kappa shape index (κ2) is 6.08. The Labute approximate surface area is 122 Å². The Bertz CT molecular complexity index is 530. The molecular formula is C18H22OP+. The minimum absolute atomic E-state index is 0.711. The molecule has 0 radical (unpaired) electrons. The highest BCUT2D eigenvalue weighted by Crippen LogP contribution is 2.63. The molecule has 1 aliphatic rings. The lowest BCUT2D eigenvalue weighted by Crippen LogP contribution is -2.25. The molecule has 1 saturated heterocycles. The minimum Gasteiger partial charge on any atom is -0.236 e. The predicted molar refractivity (Wildman–Crippen MR) is 88.2 cm³/mol. The molecule has 0 aliphatic carbocycles. The highest BCUT2D eigenvalue weighted by Gasteiger charge is 2.45. The van der Waals surface area contributed by atoms with Crippen LogP contribution in [0.5, 0.6) is 0 Å². The molecule has 3 rings (SSSR count). The van der Waals surface area contributed by atoms with Crippen molar-refractivity contribution in [3.63, 3.8) is 0 Å². The van der Waals surface area contributed by atoms with Crippen LogP contribution in [-0.2, 0) is 4.52 Å². The molecule has 0 bridgehead atoms. The Morgan fingerprint density at radius 1 is 0.850 bits per heavy atom. The Morgan fingerprint density at radius 2 is 1.40 bits per heavy atom. The van der Waals surface area contributed by atoms with Gasteiger partial charge in [-0.05, 0) is 36.5 Å². The molecule has 0 unspecified atom stereocenters. The molecule has 0 amide bonds. The maximum Gasteiger partial charge on any atom is 0.177 e. The minimum atomic E-state index is -1.38. The molecule has 1 nitrogen and oxygen atoms in total. The monoisotopic (exact) mass is 285 g/mol. The van der Waals surface area contributed by atoms with Gasteiger partial charge in [-0.1, -0.05) is 48.5 Å². The summed E-state index contributed by atoms with van der Waals surface area (Å²) < 4.78 is 6.06. The summed E-state index contributed by atoms with van der Waals surface area (Å²) in [6.45, 7) is 0. The maximum absolute atomic E-state index is 6.06. The summed E-state index contributed by atoms with van der Waals surface area (Å²) >= 11 is 0. The summed E-state index contributed by atoms with van der Waals surface area (Å²) in [4.78, 5) is 0. The first-order chi connectivity index (χ1) is 9.84. The van der Waals surface area contributed by atoms with E-state index in [4.69, 9.17) is 4.52 Å². The van der Waals surface area contributed by atoms with Gasteiger partial charge in [0.05, 0.1) is 19.4 Å². The van der Waals surface area contributed by atoms with Gasteiger partial charge in [-0.3, -0.25) is 0 Å². The summed E-state index contributed by atoms with van der Waals surface area (Å²) in [7, 11) is 0.525. The largest absolute Gasteiger partial charge is 0.236 e. The van der Waals surface area contributed by atoms with Crippen molar-refractivity contribution in [2.24, 2.45) is 0 Å². The molecule has 1 fully saturated rings. The fraction of sp³-hybridized carbons (Fsp3) is 0.333. The van der Waals surface area contributed by atoms with Crippen LogP contribution in [0.15, 0.2) is 60.7 Å². The van der Waals surface area contributed by atoms with E-state index in [2.05, 4.69) is 60.7 Å². The van der Waals surface area contributed by atoms with E-state index in [0.717, 1.165) is 0 Å². The zero-order valence-electron chi connectivity index (χ0n) is 12.0. The first-order valence-corrected chi connectivity index (χ1v) is 9.45. The summed E-state index contributed by atoms with van der Waals surface area (Å²) in [6.07, 6.45) is 4.93. The van der Waals surface area contributed by atoms with Gasteiger partial charge in [-0.15, -0.1) is 0 Å². The van der Waals surface area contributed by atoms with E-state index in [1.807, 2.05) is 7.11 Å². The summed E-state index contributed by atoms with van der Waals surface area (Å²) in [5.74, 6) is 0.711. The fourth-order valence-corrected chi connectivity index (χ4v) is 6.78. The van der Waals surface area contributed by atoms with Crippen molar-refractivity contribution in [1.82, 2.24) is 0 Å². The third-order valence-electron chi connectivity index (χ3n) is 4.52. The normalized spacial score (nSPS) is 26.4. The zero-order chi connectivity index (χ0) is 13.8. The van der Waals surface area contributed by atoms with E-state index in [1.165, 1.54) is 36.0 Å². The molecule has 0 saturated carbocycles. The average molecular weight is 285 g/mol. The first kappa shape index (κ1) is 13.8. The summed E-state index contributed by atoms with van der Waals surface area (Å²) in [5.41, 5.74) is 1.49. The fourth-order valence-electron chi connectivity index (χ4n) is 3.29. The van der Waals surface area contributed by atoms with Gasteiger partial charge in [0.1, 0.15) is 5.30 Å². The molecule has 0 atom stereocenters. The quantitative estimate of drug-likeness (QED) is 0.756. The van der Waals surface area contributed by atoms with Gasteiger partial charge in [0.15, 0.2) is 7.49 Å². The third-order valence-corrected chi connectivity index (χ3v) is 8.42. The average Bonchev–Trinajstić information content (AvgIpc) is 2.56. The van der Waals surface area contributed by atoms with E-state index < -0.39 is 7.49 Å². The van der Waals surface area contributed by atoms with Crippen molar-refractivity contribution in [3.05, 3.63) is 66.2 Å². The molecule has 1 heterocycles. The van der Waals surface area contributed by atoms with Gasteiger partial charge in [0.2, 0.25) is 0 Å². The van der Waals surface area contributed by atoms with Crippen molar-refractivity contribution in [1.29, 1.82) is 0 Å². The molecule has 2 aromatic rings. The van der Waals surface area contributed by atoms with Crippen molar-refractivity contribution in [3.8, 4) is 0 Å². The van der Waals surface area contributed by atoms with Crippen molar-refractivity contribution in [2.75, 3.05) is 19.4 Å². The highest BCUT2D eigenvalue weighted by molar-refractivity contribution is 7.78. The van der Waals surface area contributed by atoms with Gasteiger partial charge in [-0.2, -0.15) is 0 Å². The van der Waals surface area contributed by atoms with Crippen LogP contribution in [0.1, 0.15) is 24.3 Å². The third kappa shape index (κ3) is 2.66. The zero-order valence-corrected chi connectivity index (χ0v) is 12.9. The van der Waals surface area contributed by atoms with Crippen LogP contribution >= 0.6 is 7.49 Å². The smallest absolute Gasteiger partial charge is 0.177 e. The Kier molecular flexibility index (Phi) is 4.19. The summed E-state index contributed by atoms with van der Waals surface area (Å²) in [5, 5.41) is 1.44. The molecule has 1 aliphatic heterocycles. The van der Waals surface area contributed by atoms with E-state index in [9.17, 15) is 0 Å². The topological polar surface area (TPSA) is 9.23 Å². The van der Waals surface area contributed by atoms with E-state index in [0.29, 0.717) is 5.92 Å². The lowest BCUT2D eigenvalue weighted by molar-refractivity contribution is 0.435. The number of hydrogen-bond acceptors (Lipinski definition) is 1. The van der Waals surface area contributed by atoms with Crippen molar-refractivity contribution >= 4 is 12.8 Å². The predicted octanol–water partition coefficient (Wildman–Crippen LogP) is 4.47. The van der Waals surface area contributed by atoms with Crippen LogP contribution < -0.4 is 5.30 Å². The van der Waals surface area contributed by atoms with Crippen LogP contribution in [0.2, 0.25) is 0 Å². The Hall–Kier alpha value is -1.17. The standard InChI is InChI=1S/C18H22OP/c1-19-20(18-10-6-3-7-11-18)14-12-17(13-15-20)16-8-4-2-5-9-16/h2-11,17H,12-15H2,1H3/q+1. The lowest BCUT2D eigenvalue weighted by Gasteiger charge is -2.32. The van der Waals surface area contributed by atoms with Crippen LogP contribution in [0.25, 0.3) is 0 Å². The molecule has 0 aromatic heterocycles. The van der Waals surface area contributed by atoms with E-state index in [-0.39, 0.29) is 0 Å². The Balaban J connectivity index is 1.77. The molecular weight excluding hydrogens is 263 g/mol. The van der Waals surface area contributed by atoms with Gasteiger partial charge < -0.3 is 0 Å². The van der Waals surface area contributed by atoms with Crippen molar-refractivity contribution < 1.29 is 4.52 Å². The van der Waals surface area contributed by atoms with E-state index >= 15 is 0 Å². The second-order valence-corrected chi connectivity index (χ2v) is 9.09. The molecule has 0 N–H and O–H groups in total. The molecule has 20 heavy (non-hydrogen) atoms.